The summed E-state index contributed by atoms with van der Waals surface area (Å²) in [6, 6.07) is -0.170. The Kier molecular flexibility index (Phi) is 7.74. The van der Waals surface area contributed by atoms with Gasteiger partial charge in [-0.1, -0.05) is 19.3 Å². The third-order valence-corrected chi connectivity index (χ3v) is 5.63. The second-order valence-electron chi connectivity index (χ2n) is 6.64. The molecule has 1 heterocycles. The fourth-order valence-corrected chi connectivity index (χ4v) is 3.89. The molecule has 0 spiro atoms. The number of nitrogens with one attached hydrogen (secondary N) is 1. The predicted molar refractivity (Wildman–Crippen MR) is 97.6 cm³/mol. The van der Waals surface area contributed by atoms with Crippen LogP contribution in [0.1, 0.15) is 39.0 Å². The SMILES string of the molecule is C[C@@H](OC(=O)CSCC(=O)N(C)C1CCCCC1)C(=O)N1CCNC1=O. The predicted octanol–water partition coefficient (Wildman–Crippen LogP) is 0.994. The number of ether oxygens (including phenoxy) is 1. The molecule has 0 bridgehead atoms. The van der Waals surface area contributed by atoms with Crippen molar-refractivity contribution in [3.8, 4) is 0 Å². The monoisotopic (exact) mass is 385 g/mol. The van der Waals surface area contributed by atoms with Crippen LogP contribution in [0.5, 0.6) is 0 Å². The lowest BCUT2D eigenvalue weighted by molar-refractivity contribution is -0.155. The third-order valence-electron chi connectivity index (χ3n) is 4.74. The Morgan fingerprint density at radius 2 is 1.96 bits per heavy atom. The number of hydrogen-bond acceptors (Lipinski definition) is 6. The molecule has 2 aliphatic rings. The maximum absolute atomic E-state index is 12.2. The van der Waals surface area contributed by atoms with E-state index in [0.717, 1.165) is 30.6 Å². The number of rotatable bonds is 7. The number of imide groups is 1. The lowest BCUT2D eigenvalue weighted by atomic mass is 9.94. The number of hydrogen-bond donors (Lipinski definition) is 1. The van der Waals surface area contributed by atoms with Crippen LogP contribution >= 0.6 is 11.8 Å². The fraction of sp³-hybridized carbons (Fsp3) is 0.765. The van der Waals surface area contributed by atoms with E-state index in [1.165, 1.54) is 25.1 Å². The normalized spacial score (nSPS) is 19.0. The van der Waals surface area contributed by atoms with Gasteiger partial charge in [0, 0.05) is 26.2 Å². The maximum Gasteiger partial charge on any atom is 0.324 e. The zero-order chi connectivity index (χ0) is 19.1. The van der Waals surface area contributed by atoms with Crippen LogP contribution in [-0.2, 0) is 19.1 Å². The topological polar surface area (TPSA) is 96.0 Å². The second kappa shape index (κ2) is 9.80. The van der Waals surface area contributed by atoms with Gasteiger partial charge in [0.2, 0.25) is 5.91 Å². The Bertz CT molecular complexity index is 551. The van der Waals surface area contributed by atoms with Crippen LogP contribution in [0, 0.1) is 0 Å². The highest BCUT2D eigenvalue weighted by atomic mass is 32.2. The van der Waals surface area contributed by atoms with Crippen LogP contribution in [0.25, 0.3) is 0 Å². The third kappa shape index (κ3) is 5.62. The van der Waals surface area contributed by atoms with Crippen molar-refractivity contribution in [2.75, 3.05) is 31.6 Å². The molecule has 8 nitrogen and oxygen atoms in total. The molecule has 1 N–H and O–H groups in total. The van der Waals surface area contributed by atoms with Crippen LogP contribution in [0.4, 0.5) is 4.79 Å². The van der Waals surface area contributed by atoms with Gasteiger partial charge in [0.05, 0.1) is 11.5 Å². The molecule has 1 aliphatic carbocycles. The van der Waals surface area contributed by atoms with Crippen molar-refractivity contribution in [2.24, 2.45) is 0 Å². The molecule has 2 rings (SSSR count). The van der Waals surface area contributed by atoms with Crippen LogP contribution in [0.2, 0.25) is 0 Å². The van der Waals surface area contributed by atoms with Crippen molar-refractivity contribution in [3.63, 3.8) is 0 Å². The number of urea groups is 1. The van der Waals surface area contributed by atoms with E-state index in [9.17, 15) is 19.2 Å². The van der Waals surface area contributed by atoms with Crippen LogP contribution in [0.3, 0.4) is 0 Å². The lowest BCUT2D eigenvalue weighted by Gasteiger charge is -2.31. The van der Waals surface area contributed by atoms with Gasteiger partial charge in [0.25, 0.3) is 5.91 Å². The van der Waals surface area contributed by atoms with Crippen molar-refractivity contribution >= 4 is 35.6 Å². The first-order chi connectivity index (χ1) is 12.4. The summed E-state index contributed by atoms with van der Waals surface area (Å²) in [4.78, 5) is 50.4. The highest BCUT2D eigenvalue weighted by molar-refractivity contribution is 8.00. The highest BCUT2D eigenvalue weighted by Crippen LogP contribution is 2.22. The molecule has 0 aromatic rings. The zero-order valence-corrected chi connectivity index (χ0v) is 16.2. The van der Waals surface area contributed by atoms with Gasteiger partial charge in [0.1, 0.15) is 0 Å². The molecule has 0 unspecified atom stereocenters. The molecule has 2 fully saturated rings. The summed E-state index contributed by atoms with van der Waals surface area (Å²) in [5.74, 6) is -0.893. The van der Waals surface area contributed by atoms with Gasteiger partial charge >= 0.3 is 12.0 Å². The van der Waals surface area contributed by atoms with E-state index in [2.05, 4.69) is 5.32 Å². The molecular formula is C17H27N3O5S. The van der Waals surface area contributed by atoms with Crippen LogP contribution in [-0.4, -0.2) is 77.4 Å². The van der Waals surface area contributed by atoms with Gasteiger partial charge in [0.15, 0.2) is 6.10 Å². The number of thioether (sulfide) groups is 1. The second-order valence-corrected chi connectivity index (χ2v) is 7.63. The van der Waals surface area contributed by atoms with Crippen molar-refractivity contribution in [1.82, 2.24) is 15.1 Å². The van der Waals surface area contributed by atoms with E-state index in [1.54, 1.807) is 4.90 Å². The molecule has 1 saturated carbocycles. The Hall–Kier alpha value is -1.77. The van der Waals surface area contributed by atoms with E-state index < -0.39 is 24.0 Å². The van der Waals surface area contributed by atoms with Crippen molar-refractivity contribution in [2.45, 2.75) is 51.2 Å². The number of carbonyl (C=O) groups excluding carboxylic acids is 4. The Balaban J connectivity index is 1.67. The minimum Gasteiger partial charge on any atom is -0.452 e. The van der Waals surface area contributed by atoms with Gasteiger partial charge in [-0.25, -0.2) is 4.79 Å². The van der Waals surface area contributed by atoms with E-state index >= 15 is 0 Å². The van der Waals surface area contributed by atoms with Crippen LogP contribution in [0.15, 0.2) is 0 Å². The molecule has 1 aliphatic heterocycles. The Labute approximate surface area is 158 Å². The fourth-order valence-electron chi connectivity index (χ4n) is 3.18. The van der Waals surface area contributed by atoms with Crippen LogP contribution < -0.4 is 5.32 Å². The quantitative estimate of drug-likeness (QED) is 0.657. The zero-order valence-electron chi connectivity index (χ0n) is 15.4. The molecule has 26 heavy (non-hydrogen) atoms. The summed E-state index contributed by atoms with van der Waals surface area (Å²) < 4.78 is 5.08. The number of nitrogens with zero attached hydrogens (tertiary/aromatic N) is 2. The molecule has 9 heteroatoms. The molecule has 0 aromatic heterocycles. The summed E-state index contributed by atoms with van der Waals surface area (Å²) in [5, 5.41) is 2.52. The molecular weight excluding hydrogens is 358 g/mol. The van der Waals surface area contributed by atoms with E-state index in [0.29, 0.717) is 12.6 Å². The minimum atomic E-state index is -1.02. The number of carbonyl (C=O) groups is 4. The summed E-state index contributed by atoms with van der Waals surface area (Å²) in [5.41, 5.74) is 0. The maximum atomic E-state index is 12.2. The number of esters is 1. The summed E-state index contributed by atoms with van der Waals surface area (Å²) in [6.07, 6.45) is 4.60. The average Bonchev–Trinajstić information content (AvgIpc) is 3.06. The first kappa shape index (κ1) is 20.5. The molecule has 1 saturated heterocycles. The minimum absolute atomic E-state index is 0.00589. The van der Waals surface area contributed by atoms with Gasteiger partial charge in [-0.2, -0.15) is 0 Å². The first-order valence-electron chi connectivity index (χ1n) is 9.02. The van der Waals surface area contributed by atoms with Crippen molar-refractivity contribution in [3.05, 3.63) is 0 Å². The Morgan fingerprint density at radius 1 is 1.27 bits per heavy atom. The summed E-state index contributed by atoms with van der Waals surface area (Å²) in [7, 11) is 1.82. The summed E-state index contributed by atoms with van der Waals surface area (Å²) in [6.45, 7) is 2.12. The summed E-state index contributed by atoms with van der Waals surface area (Å²) >= 11 is 1.18. The van der Waals surface area contributed by atoms with Gasteiger partial charge in [-0.15, -0.1) is 11.8 Å². The molecule has 0 aromatic carbocycles. The standard InChI is InChI=1S/C17H27N3O5S/c1-12(16(23)20-9-8-18-17(20)24)25-15(22)11-26-10-14(21)19(2)13-6-4-3-5-7-13/h12-13H,3-11H2,1-2H3,(H,18,24)/t12-/m1/s1. The van der Waals surface area contributed by atoms with Gasteiger partial charge in [-0.05, 0) is 19.8 Å². The average molecular weight is 385 g/mol. The smallest absolute Gasteiger partial charge is 0.324 e. The van der Waals surface area contributed by atoms with E-state index in [4.69, 9.17) is 4.74 Å². The van der Waals surface area contributed by atoms with Gasteiger partial charge < -0.3 is 15.0 Å². The molecule has 4 amide bonds. The van der Waals surface area contributed by atoms with E-state index in [-0.39, 0.29) is 24.0 Å². The van der Waals surface area contributed by atoms with Gasteiger partial charge in [-0.3, -0.25) is 19.3 Å². The first-order valence-corrected chi connectivity index (χ1v) is 10.2. The van der Waals surface area contributed by atoms with Crippen molar-refractivity contribution in [1.29, 1.82) is 0 Å². The van der Waals surface area contributed by atoms with Crippen molar-refractivity contribution < 1.29 is 23.9 Å². The molecule has 146 valence electrons. The van der Waals surface area contributed by atoms with E-state index in [1.807, 2.05) is 7.05 Å². The molecule has 1 atom stereocenters. The highest BCUT2D eigenvalue weighted by Gasteiger charge is 2.31. The number of amides is 4. The molecule has 0 radical (unpaired) electrons. The Morgan fingerprint density at radius 3 is 2.58 bits per heavy atom. The largest absolute Gasteiger partial charge is 0.452 e. The lowest BCUT2D eigenvalue weighted by Crippen LogP contribution is -2.42.